The highest BCUT2D eigenvalue weighted by Gasteiger charge is 2.10. The van der Waals surface area contributed by atoms with Crippen LogP contribution in [0.2, 0.25) is 0 Å². The van der Waals surface area contributed by atoms with Gasteiger partial charge in [-0.3, -0.25) is 19.3 Å². The van der Waals surface area contributed by atoms with Gasteiger partial charge >= 0.3 is 0 Å². The van der Waals surface area contributed by atoms with Crippen molar-refractivity contribution in [2.75, 3.05) is 27.2 Å². The van der Waals surface area contributed by atoms with E-state index in [0.29, 0.717) is 13.1 Å². The molecule has 118 valence electrons. The summed E-state index contributed by atoms with van der Waals surface area (Å²) >= 11 is 5.08. The van der Waals surface area contributed by atoms with Gasteiger partial charge in [0.2, 0.25) is 5.88 Å². The van der Waals surface area contributed by atoms with Crippen LogP contribution in [0, 0.1) is 4.77 Å². The number of hydrogen-bond donors (Lipinski definition) is 2. The predicted octanol–water partition coefficient (Wildman–Crippen LogP) is 1.78. The second-order valence-electron chi connectivity index (χ2n) is 5.19. The van der Waals surface area contributed by atoms with Gasteiger partial charge in [0.1, 0.15) is 5.56 Å². The fourth-order valence-corrected chi connectivity index (χ4v) is 2.12. The van der Waals surface area contributed by atoms with Crippen LogP contribution in [0.5, 0.6) is 5.88 Å². The Bertz CT molecular complexity index is 590. The summed E-state index contributed by atoms with van der Waals surface area (Å²) in [7, 11) is 4.00. The molecule has 6 nitrogen and oxygen atoms in total. The van der Waals surface area contributed by atoms with Gasteiger partial charge in [0.25, 0.3) is 5.56 Å². The smallest absolute Gasteiger partial charge is 0.264 e. The van der Waals surface area contributed by atoms with E-state index in [1.807, 2.05) is 14.1 Å². The van der Waals surface area contributed by atoms with E-state index in [2.05, 4.69) is 21.8 Å². The van der Waals surface area contributed by atoms with Gasteiger partial charge in [0, 0.05) is 19.3 Å². The van der Waals surface area contributed by atoms with Crippen molar-refractivity contribution in [2.24, 2.45) is 4.99 Å². The minimum absolute atomic E-state index is 0.103. The van der Waals surface area contributed by atoms with Crippen molar-refractivity contribution in [2.45, 2.75) is 32.7 Å². The number of aromatic amines is 1. The second kappa shape index (κ2) is 8.74. The Hall–Kier alpha value is -1.47. The first-order chi connectivity index (χ1) is 9.97. The molecule has 0 aromatic carbocycles. The molecule has 0 aliphatic carbocycles. The Morgan fingerprint density at radius 2 is 2.14 bits per heavy atom. The van der Waals surface area contributed by atoms with E-state index in [-0.39, 0.29) is 16.2 Å². The van der Waals surface area contributed by atoms with Crippen molar-refractivity contribution in [1.82, 2.24) is 14.5 Å². The molecular weight excluding hydrogens is 288 g/mol. The molecule has 0 fully saturated rings. The van der Waals surface area contributed by atoms with Gasteiger partial charge in [0.05, 0.1) is 0 Å². The molecule has 0 radical (unpaired) electrons. The number of rotatable bonds is 8. The Morgan fingerprint density at radius 1 is 1.43 bits per heavy atom. The summed E-state index contributed by atoms with van der Waals surface area (Å²) in [6.07, 6.45) is 4.19. The molecule has 0 aliphatic heterocycles. The van der Waals surface area contributed by atoms with E-state index < -0.39 is 5.56 Å². The van der Waals surface area contributed by atoms with Gasteiger partial charge in [-0.25, -0.2) is 0 Å². The van der Waals surface area contributed by atoms with Gasteiger partial charge in [-0.1, -0.05) is 13.3 Å². The molecule has 1 heterocycles. The second-order valence-corrected chi connectivity index (χ2v) is 5.58. The molecule has 0 bridgehead atoms. The maximum absolute atomic E-state index is 11.9. The molecule has 1 rings (SSSR count). The van der Waals surface area contributed by atoms with E-state index in [9.17, 15) is 9.90 Å². The lowest BCUT2D eigenvalue weighted by atomic mass is 10.3. The Labute approximate surface area is 130 Å². The molecule has 0 amide bonds. The van der Waals surface area contributed by atoms with Crippen molar-refractivity contribution < 1.29 is 5.11 Å². The fraction of sp³-hybridized carbons (Fsp3) is 0.643. The van der Waals surface area contributed by atoms with Crippen LogP contribution in [0.1, 0.15) is 31.7 Å². The quantitative estimate of drug-likeness (QED) is 0.436. The zero-order valence-electron chi connectivity index (χ0n) is 12.9. The fourth-order valence-electron chi connectivity index (χ4n) is 1.85. The highest BCUT2D eigenvalue weighted by molar-refractivity contribution is 7.71. The van der Waals surface area contributed by atoms with E-state index in [1.165, 1.54) is 6.21 Å². The van der Waals surface area contributed by atoms with Crippen LogP contribution < -0.4 is 5.56 Å². The first-order valence-electron chi connectivity index (χ1n) is 7.18. The number of aliphatic imine (C=N–C) groups is 1. The highest BCUT2D eigenvalue weighted by Crippen LogP contribution is 2.12. The van der Waals surface area contributed by atoms with E-state index >= 15 is 0 Å². The number of nitrogens with one attached hydrogen (secondary N) is 1. The van der Waals surface area contributed by atoms with Crippen molar-refractivity contribution in [3.8, 4) is 5.88 Å². The monoisotopic (exact) mass is 312 g/mol. The maximum Gasteiger partial charge on any atom is 0.264 e. The van der Waals surface area contributed by atoms with Crippen LogP contribution in [0.3, 0.4) is 0 Å². The van der Waals surface area contributed by atoms with Gasteiger partial charge in [-0.05, 0) is 45.7 Å². The van der Waals surface area contributed by atoms with Crippen molar-refractivity contribution >= 4 is 18.4 Å². The lowest BCUT2D eigenvalue weighted by Crippen LogP contribution is -2.19. The third kappa shape index (κ3) is 5.43. The zero-order chi connectivity index (χ0) is 15.8. The first kappa shape index (κ1) is 17.6. The molecule has 0 saturated carbocycles. The van der Waals surface area contributed by atoms with Crippen LogP contribution in [-0.2, 0) is 6.54 Å². The Morgan fingerprint density at radius 3 is 2.76 bits per heavy atom. The van der Waals surface area contributed by atoms with E-state index in [0.717, 1.165) is 25.8 Å². The Kier molecular flexibility index (Phi) is 7.31. The SMILES string of the molecule is CCCCn1c(O)c(C=NCCCN(C)C)c(=O)[nH]c1=S. The van der Waals surface area contributed by atoms with Gasteiger partial charge < -0.3 is 10.0 Å². The number of aromatic nitrogens is 2. The summed E-state index contributed by atoms with van der Waals surface area (Å²) in [5, 5.41) is 10.2. The minimum Gasteiger partial charge on any atom is -0.494 e. The summed E-state index contributed by atoms with van der Waals surface area (Å²) in [5.74, 6) is -0.103. The highest BCUT2D eigenvalue weighted by atomic mass is 32.1. The maximum atomic E-state index is 11.9. The lowest BCUT2D eigenvalue weighted by Gasteiger charge is -2.10. The van der Waals surface area contributed by atoms with Crippen molar-refractivity contribution in [3.63, 3.8) is 0 Å². The standard InChI is InChI=1S/C14H24N4O2S/c1-4-5-9-18-13(20)11(12(19)16-14(18)21)10-15-7-6-8-17(2)3/h10,20H,4-9H2,1-3H3,(H,16,19,21). The first-order valence-corrected chi connectivity index (χ1v) is 7.58. The van der Waals surface area contributed by atoms with Crippen LogP contribution >= 0.6 is 12.2 Å². The number of hydrogen-bond acceptors (Lipinski definition) is 5. The largest absolute Gasteiger partial charge is 0.494 e. The van der Waals surface area contributed by atoms with Crippen LogP contribution in [0.4, 0.5) is 0 Å². The molecule has 1 aromatic rings. The summed E-state index contributed by atoms with van der Waals surface area (Å²) in [5.41, 5.74) is -0.230. The average molecular weight is 312 g/mol. The zero-order valence-corrected chi connectivity index (χ0v) is 13.7. The lowest BCUT2D eigenvalue weighted by molar-refractivity contribution is 0.398. The normalized spacial score (nSPS) is 11.6. The summed E-state index contributed by atoms with van der Waals surface area (Å²) in [4.78, 5) is 20.7. The number of unbranched alkanes of at least 4 members (excludes halogenated alkanes) is 1. The number of aromatic hydroxyl groups is 1. The number of nitrogens with zero attached hydrogens (tertiary/aromatic N) is 3. The third-order valence-electron chi connectivity index (χ3n) is 3.06. The molecule has 0 spiro atoms. The average Bonchev–Trinajstić information content (AvgIpc) is 2.41. The van der Waals surface area contributed by atoms with Gasteiger partial charge in [-0.15, -0.1) is 0 Å². The Balaban J connectivity index is 2.89. The molecule has 21 heavy (non-hydrogen) atoms. The molecule has 1 aromatic heterocycles. The van der Waals surface area contributed by atoms with Crippen molar-refractivity contribution in [3.05, 3.63) is 20.7 Å². The molecule has 0 aliphatic rings. The van der Waals surface area contributed by atoms with Gasteiger partial charge in [0.15, 0.2) is 4.77 Å². The van der Waals surface area contributed by atoms with Crippen molar-refractivity contribution in [1.29, 1.82) is 0 Å². The predicted molar refractivity (Wildman–Crippen MR) is 88.1 cm³/mol. The number of H-pyrrole nitrogens is 1. The molecular formula is C14H24N4O2S. The minimum atomic E-state index is -0.401. The van der Waals surface area contributed by atoms with E-state index in [1.54, 1.807) is 4.57 Å². The summed E-state index contributed by atoms with van der Waals surface area (Å²) in [6, 6.07) is 0. The molecule has 7 heteroatoms. The molecule has 2 N–H and O–H groups in total. The summed E-state index contributed by atoms with van der Waals surface area (Å²) in [6.45, 7) is 4.18. The topological polar surface area (TPSA) is 73.6 Å². The van der Waals surface area contributed by atoms with E-state index in [4.69, 9.17) is 12.2 Å². The molecule has 0 atom stereocenters. The summed E-state index contributed by atoms with van der Waals surface area (Å²) < 4.78 is 1.79. The van der Waals surface area contributed by atoms with Crippen LogP contribution in [0.15, 0.2) is 9.79 Å². The van der Waals surface area contributed by atoms with Crippen LogP contribution in [0.25, 0.3) is 0 Å². The molecule has 0 unspecified atom stereocenters. The van der Waals surface area contributed by atoms with Gasteiger partial charge in [-0.2, -0.15) is 0 Å². The van der Waals surface area contributed by atoms with Crippen LogP contribution in [-0.4, -0.2) is 53.0 Å². The third-order valence-corrected chi connectivity index (χ3v) is 3.38. The molecule has 0 saturated heterocycles.